The molecule has 1 aromatic heterocycles. The molecule has 27 heavy (non-hydrogen) atoms. The highest BCUT2D eigenvalue weighted by atomic mass is 35.5. The van der Waals surface area contributed by atoms with Crippen LogP contribution in [0.5, 0.6) is 5.75 Å². The molecular weight excluding hydrogens is 390 g/mol. The van der Waals surface area contributed by atoms with Crippen LogP contribution in [0.4, 0.5) is 0 Å². The summed E-state index contributed by atoms with van der Waals surface area (Å²) in [6.45, 7) is 1.81. The van der Waals surface area contributed by atoms with Gasteiger partial charge in [0, 0.05) is 10.6 Å². The summed E-state index contributed by atoms with van der Waals surface area (Å²) >= 11 is 5.85. The average Bonchev–Trinajstić information content (AvgIpc) is 3.15. The number of rotatable bonds is 7. The van der Waals surface area contributed by atoms with E-state index in [0.29, 0.717) is 23.0 Å². The van der Waals surface area contributed by atoms with Gasteiger partial charge in [0.25, 0.3) is 0 Å². The minimum absolute atomic E-state index is 0.115. The van der Waals surface area contributed by atoms with Gasteiger partial charge in [-0.25, -0.2) is 13.1 Å². The third kappa shape index (κ3) is 4.47. The van der Waals surface area contributed by atoms with Gasteiger partial charge in [-0.05, 0) is 54.4 Å². The van der Waals surface area contributed by atoms with E-state index < -0.39 is 10.0 Å². The minimum atomic E-state index is -3.73. The number of nitrogens with zero attached hydrogens (tertiary/aromatic N) is 2. The molecule has 0 saturated heterocycles. The molecular formula is C18H18ClN3O4S. The number of halogens is 1. The number of ether oxygens (including phenoxy) is 1. The van der Waals surface area contributed by atoms with Crippen molar-refractivity contribution in [2.75, 3.05) is 7.11 Å². The molecule has 3 rings (SSSR count). The Morgan fingerprint density at radius 3 is 2.59 bits per heavy atom. The van der Waals surface area contributed by atoms with E-state index in [2.05, 4.69) is 14.9 Å². The standard InChI is InChI=1S/C18H18ClN3O4S/c1-3-12-10-15(8-9-16(12)25-2)27(23,24)20-11-17-21-18(22-26-17)13-4-6-14(19)7-5-13/h4-10,20H,3,11H2,1-2H3. The van der Waals surface area contributed by atoms with Crippen LogP contribution in [0.25, 0.3) is 11.4 Å². The number of methoxy groups -OCH3 is 1. The summed E-state index contributed by atoms with van der Waals surface area (Å²) in [4.78, 5) is 4.35. The van der Waals surface area contributed by atoms with Gasteiger partial charge in [0.15, 0.2) is 0 Å². The van der Waals surface area contributed by atoms with E-state index in [0.717, 1.165) is 11.1 Å². The molecule has 0 atom stereocenters. The molecule has 3 aromatic rings. The Morgan fingerprint density at radius 2 is 1.93 bits per heavy atom. The number of aromatic nitrogens is 2. The lowest BCUT2D eigenvalue weighted by Crippen LogP contribution is -2.23. The third-order valence-corrected chi connectivity index (χ3v) is 5.58. The van der Waals surface area contributed by atoms with Crippen molar-refractivity contribution in [1.29, 1.82) is 0 Å². The lowest BCUT2D eigenvalue weighted by atomic mass is 10.1. The Kier molecular flexibility index (Phi) is 5.79. The Labute approximate surface area is 162 Å². The number of sulfonamides is 1. The molecule has 0 aliphatic carbocycles. The minimum Gasteiger partial charge on any atom is -0.496 e. The maximum atomic E-state index is 12.5. The molecule has 0 aliphatic heterocycles. The molecule has 0 bridgehead atoms. The van der Waals surface area contributed by atoms with Crippen molar-refractivity contribution in [3.8, 4) is 17.1 Å². The zero-order chi connectivity index (χ0) is 19.4. The first kappa shape index (κ1) is 19.3. The fourth-order valence-electron chi connectivity index (χ4n) is 2.48. The largest absolute Gasteiger partial charge is 0.496 e. The Hall–Kier alpha value is -2.42. The van der Waals surface area contributed by atoms with E-state index >= 15 is 0 Å². The molecule has 0 unspecified atom stereocenters. The van der Waals surface area contributed by atoms with Crippen LogP contribution in [0.15, 0.2) is 51.9 Å². The SMILES string of the molecule is CCc1cc(S(=O)(=O)NCc2nc(-c3ccc(Cl)cc3)no2)ccc1OC. The summed E-state index contributed by atoms with van der Waals surface area (Å²) in [5.74, 6) is 1.17. The van der Waals surface area contributed by atoms with Crippen molar-refractivity contribution >= 4 is 21.6 Å². The van der Waals surface area contributed by atoms with Crippen LogP contribution in [0.1, 0.15) is 18.4 Å². The van der Waals surface area contributed by atoms with Gasteiger partial charge >= 0.3 is 0 Å². The van der Waals surface area contributed by atoms with Gasteiger partial charge in [-0.3, -0.25) is 0 Å². The van der Waals surface area contributed by atoms with Crippen LogP contribution in [0.3, 0.4) is 0 Å². The van der Waals surface area contributed by atoms with Crippen LogP contribution in [-0.2, 0) is 23.0 Å². The highest BCUT2D eigenvalue weighted by Crippen LogP contribution is 2.23. The topological polar surface area (TPSA) is 94.3 Å². The van der Waals surface area contributed by atoms with E-state index in [1.807, 2.05) is 6.92 Å². The van der Waals surface area contributed by atoms with Crippen LogP contribution < -0.4 is 9.46 Å². The van der Waals surface area contributed by atoms with E-state index in [-0.39, 0.29) is 17.3 Å². The normalized spacial score (nSPS) is 11.5. The van der Waals surface area contributed by atoms with Gasteiger partial charge in [-0.15, -0.1) is 0 Å². The maximum absolute atomic E-state index is 12.5. The first-order valence-electron chi connectivity index (χ1n) is 8.18. The molecule has 142 valence electrons. The Balaban J connectivity index is 1.73. The van der Waals surface area contributed by atoms with Crippen LogP contribution in [-0.4, -0.2) is 25.7 Å². The zero-order valence-corrected chi connectivity index (χ0v) is 16.3. The van der Waals surface area contributed by atoms with Gasteiger partial charge in [-0.2, -0.15) is 4.98 Å². The maximum Gasteiger partial charge on any atom is 0.242 e. The number of hydrogen-bond donors (Lipinski definition) is 1. The average molecular weight is 408 g/mol. The molecule has 2 aromatic carbocycles. The Bertz CT molecular complexity index is 1030. The van der Waals surface area contributed by atoms with Crippen LogP contribution >= 0.6 is 11.6 Å². The molecule has 0 spiro atoms. The number of aryl methyl sites for hydroxylation is 1. The quantitative estimate of drug-likeness (QED) is 0.644. The fraction of sp³-hybridized carbons (Fsp3) is 0.222. The van der Waals surface area contributed by atoms with E-state index in [4.69, 9.17) is 20.9 Å². The van der Waals surface area contributed by atoms with Crippen molar-refractivity contribution in [3.63, 3.8) is 0 Å². The van der Waals surface area contributed by atoms with Gasteiger partial charge < -0.3 is 9.26 Å². The smallest absolute Gasteiger partial charge is 0.242 e. The number of benzene rings is 2. The number of hydrogen-bond acceptors (Lipinski definition) is 6. The second kappa shape index (κ2) is 8.08. The van der Waals surface area contributed by atoms with Crippen LogP contribution in [0, 0.1) is 0 Å². The first-order valence-corrected chi connectivity index (χ1v) is 10.0. The summed E-state index contributed by atoms with van der Waals surface area (Å²) in [6, 6.07) is 11.7. The molecule has 1 heterocycles. The summed E-state index contributed by atoms with van der Waals surface area (Å²) in [5.41, 5.74) is 1.53. The molecule has 0 amide bonds. The molecule has 1 N–H and O–H groups in total. The van der Waals surface area contributed by atoms with Crippen LogP contribution in [0.2, 0.25) is 5.02 Å². The van der Waals surface area contributed by atoms with E-state index in [9.17, 15) is 8.42 Å². The first-order chi connectivity index (χ1) is 12.9. The van der Waals surface area contributed by atoms with Crippen molar-refractivity contribution in [3.05, 3.63) is 58.9 Å². The molecule has 0 radical (unpaired) electrons. The van der Waals surface area contributed by atoms with Crippen molar-refractivity contribution in [2.24, 2.45) is 0 Å². The van der Waals surface area contributed by atoms with Gasteiger partial charge in [0.1, 0.15) is 5.75 Å². The van der Waals surface area contributed by atoms with Gasteiger partial charge in [0.2, 0.25) is 21.7 Å². The van der Waals surface area contributed by atoms with E-state index in [1.165, 1.54) is 6.07 Å². The second-order valence-corrected chi connectivity index (χ2v) is 7.87. The summed E-state index contributed by atoms with van der Waals surface area (Å²) in [5, 5.41) is 4.46. The van der Waals surface area contributed by atoms with Crippen molar-refractivity contribution < 1.29 is 17.7 Å². The lowest BCUT2D eigenvalue weighted by molar-refractivity contribution is 0.376. The molecule has 9 heteroatoms. The zero-order valence-electron chi connectivity index (χ0n) is 14.8. The summed E-state index contributed by atoms with van der Waals surface area (Å²) in [7, 11) is -2.18. The number of nitrogens with one attached hydrogen (secondary N) is 1. The summed E-state index contributed by atoms with van der Waals surface area (Å²) in [6.07, 6.45) is 0.653. The molecule has 0 saturated carbocycles. The highest BCUT2D eigenvalue weighted by Gasteiger charge is 2.18. The third-order valence-electron chi connectivity index (χ3n) is 3.93. The lowest BCUT2D eigenvalue weighted by Gasteiger charge is -2.10. The predicted molar refractivity (Wildman–Crippen MR) is 101 cm³/mol. The van der Waals surface area contributed by atoms with Gasteiger partial charge in [0.05, 0.1) is 18.6 Å². The highest BCUT2D eigenvalue weighted by molar-refractivity contribution is 7.89. The molecule has 0 aliphatic rings. The molecule has 0 fully saturated rings. The monoisotopic (exact) mass is 407 g/mol. The second-order valence-electron chi connectivity index (χ2n) is 5.67. The fourth-order valence-corrected chi connectivity index (χ4v) is 3.63. The van der Waals surface area contributed by atoms with Crippen molar-refractivity contribution in [2.45, 2.75) is 24.8 Å². The summed E-state index contributed by atoms with van der Waals surface area (Å²) < 4.78 is 37.9. The van der Waals surface area contributed by atoms with Gasteiger partial charge in [-0.1, -0.05) is 23.7 Å². The molecule has 7 nitrogen and oxygen atoms in total. The Morgan fingerprint density at radius 1 is 1.19 bits per heavy atom. The van der Waals surface area contributed by atoms with E-state index in [1.54, 1.807) is 43.5 Å². The predicted octanol–water partition coefficient (Wildman–Crippen LogP) is 3.44. The van der Waals surface area contributed by atoms with Crippen molar-refractivity contribution in [1.82, 2.24) is 14.9 Å².